The van der Waals surface area contributed by atoms with Crippen LogP contribution in [0.25, 0.3) is 0 Å². The largest absolute Gasteiger partial charge is 0.355 e. The van der Waals surface area contributed by atoms with Crippen LogP contribution in [0.2, 0.25) is 5.02 Å². The summed E-state index contributed by atoms with van der Waals surface area (Å²) < 4.78 is 0. The molecule has 0 radical (unpaired) electrons. The van der Waals surface area contributed by atoms with Crippen molar-refractivity contribution in [1.29, 1.82) is 0 Å². The Morgan fingerprint density at radius 2 is 2.09 bits per heavy atom. The molecule has 1 N–H and O–H groups in total. The molecule has 1 aliphatic rings. The standard InChI is InChI=1S/C16H21ClN2O2S/c1-11(2)19-10-12(9-15(19)20)16(21)18-7-8-22-14-5-3-13(17)4-6-14/h3-6,11-12H,7-10H2,1-2H3,(H,18,21)/t12-/m0/s1. The molecular formula is C16H21ClN2O2S. The summed E-state index contributed by atoms with van der Waals surface area (Å²) in [6, 6.07) is 7.79. The molecule has 0 saturated carbocycles. The fourth-order valence-electron chi connectivity index (χ4n) is 2.42. The van der Waals surface area contributed by atoms with Gasteiger partial charge >= 0.3 is 0 Å². The summed E-state index contributed by atoms with van der Waals surface area (Å²) in [5.41, 5.74) is 0. The van der Waals surface area contributed by atoms with Gasteiger partial charge in [-0.3, -0.25) is 9.59 Å². The maximum Gasteiger partial charge on any atom is 0.225 e. The van der Waals surface area contributed by atoms with Crippen molar-refractivity contribution in [1.82, 2.24) is 10.2 Å². The Balaban J connectivity index is 1.70. The van der Waals surface area contributed by atoms with Crippen LogP contribution in [-0.2, 0) is 9.59 Å². The fourth-order valence-corrected chi connectivity index (χ4v) is 3.32. The Bertz CT molecular complexity index is 533. The van der Waals surface area contributed by atoms with Gasteiger partial charge in [0.15, 0.2) is 0 Å². The van der Waals surface area contributed by atoms with E-state index in [0.717, 1.165) is 15.7 Å². The minimum Gasteiger partial charge on any atom is -0.355 e. The Morgan fingerprint density at radius 1 is 1.41 bits per heavy atom. The molecule has 1 aromatic carbocycles. The fraction of sp³-hybridized carbons (Fsp3) is 0.500. The zero-order chi connectivity index (χ0) is 16.1. The maximum atomic E-state index is 12.1. The summed E-state index contributed by atoms with van der Waals surface area (Å²) in [5, 5.41) is 3.64. The molecule has 1 saturated heterocycles. The molecule has 1 atom stereocenters. The molecule has 0 bridgehead atoms. The minimum atomic E-state index is -0.213. The zero-order valence-electron chi connectivity index (χ0n) is 12.8. The third kappa shape index (κ3) is 4.65. The first-order chi connectivity index (χ1) is 10.5. The van der Waals surface area contributed by atoms with E-state index in [4.69, 9.17) is 11.6 Å². The van der Waals surface area contributed by atoms with E-state index < -0.39 is 0 Å². The monoisotopic (exact) mass is 340 g/mol. The van der Waals surface area contributed by atoms with E-state index in [9.17, 15) is 9.59 Å². The summed E-state index contributed by atoms with van der Waals surface area (Å²) in [6.45, 7) is 5.08. The van der Waals surface area contributed by atoms with Crippen molar-refractivity contribution in [3.05, 3.63) is 29.3 Å². The van der Waals surface area contributed by atoms with Gasteiger partial charge in [-0.05, 0) is 38.1 Å². The van der Waals surface area contributed by atoms with Crippen LogP contribution in [0.3, 0.4) is 0 Å². The van der Waals surface area contributed by atoms with Gasteiger partial charge < -0.3 is 10.2 Å². The van der Waals surface area contributed by atoms with Gasteiger partial charge in [0, 0.05) is 41.2 Å². The first-order valence-corrected chi connectivity index (χ1v) is 8.79. The molecule has 1 aromatic rings. The Kier molecular flexibility index (Phi) is 6.15. The van der Waals surface area contributed by atoms with Crippen LogP contribution in [0.5, 0.6) is 0 Å². The Hall–Kier alpha value is -1.20. The SMILES string of the molecule is CC(C)N1C[C@@H](C(=O)NCCSc2ccc(Cl)cc2)CC1=O. The molecule has 0 spiro atoms. The van der Waals surface area contributed by atoms with Crippen LogP contribution in [-0.4, -0.2) is 41.6 Å². The predicted molar refractivity (Wildman–Crippen MR) is 90.1 cm³/mol. The number of likely N-dealkylation sites (tertiary alicyclic amines) is 1. The third-order valence-electron chi connectivity index (χ3n) is 3.64. The molecule has 4 nitrogen and oxygen atoms in total. The van der Waals surface area contributed by atoms with E-state index in [1.165, 1.54) is 0 Å². The van der Waals surface area contributed by atoms with Crippen LogP contribution >= 0.6 is 23.4 Å². The number of thioether (sulfide) groups is 1. The molecule has 6 heteroatoms. The van der Waals surface area contributed by atoms with Crippen molar-refractivity contribution in [3.8, 4) is 0 Å². The van der Waals surface area contributed by atoms with E-state index in [0.29, 0.717) is 19.5 Å². The van der Waals surface area contributed by atoms with Gasteiger partial charge in [-0.2, -0.15) is 0 Å². The highest BCUT2D eigenvalue weighted by atomic mass is 35.5. The van der Waals surface area contributed by atoms with Crippen molar-refractivity contribution in [3.63, 3.8) is 0 Å². The van der Waals surface area contributed by atoms with E-state index in [-0.39, 0.29) is 23.8 Å². The molecule has 0 aliphatic carbocycles. The highest BCUT2D eigenvalue weighted by Crippen LogP contribution is 2.21. The topological polar surface area (TPSA) is 49.4 Å². The second-order valence-corrected chi connectivity index (χ2v) is 7.24. The number of carbonyl (C=O) groups is 2. The van der Waals surface area contributed by atoms with Gasteiger partial charge in [-0.15, -0.1) is 11.8 Å². The third-order valence-corrected chi connectivity index (χ3v) is 4.90. The van der Waals surface area contributed by atoms with Gasteiger partial charge in [0.2, 0.25) is 11.8 Å². The highest BCUT2D eigenvalue weighted by molar-refractivity contribution is 7.99. The number of halogens is 1. The quantitative estimate of drug-likeness (QED) is 0.640. The first kappa shape index (κ1) is 17.2. The maximum absolute atomic E-state index is 12.1. The van der Waals surface area contributed by atoms with Gasteiger partial charge in [0.25, 0.3) is 0 Å². The summed E-state index contributed by atoms with van der Waals surface area (Å²) >= 11 is 7.50. The number of hydrogen-bond donors (Lipinski definition) is 1. The average Bonchev–Trinajstić information content (AvgIpc) is 2.87. The number of hydrogen-bond acceptors (Lipinski definition) is 3. The van der Waals surface area contributed by atoms with Crippen LogP contribution in [0, 0.1) is 5.92 Å². The van der Waals surface area contributed by atoms with Crippen molar-refractivity contribution < 1.29 is 9.59 Å². The molecule has 120 valence electrons. The highest BCUT2D eigenvalue weighted by Gasteiger charge is 2.35. The summed E-state index contributed by atoms with van der Waals surface area (Å²) in [7, 11) is 0. The van der Waals surface area contributed by atoms with E-state index in [1.807, 2.05) is 38.1 Å². The first-order valence-electron chi connectivity index (χ1n) is 7.43. The molecular weight excluding hydrogens is 320 g/mol. The normalized spacial score (nSPS) is 18.1. The number of benzene rings is 1. The number of carbonyl (C=O) groups excluding carboxylic acids is 2. The van der Waals surface area contributed by atoms with Crippen LogP contribution < -0.4 is 5.32 Å². The van der Waals surface area contributed by atoms with Crippen LogP contribution in [0.1, 0.15) is 20.3 Å². The molecule has 2 rings (SSSR count). The average molecular weight is 341 g/mol. The van der Waals surface area contributed by atoms with E-state index in [1.54, 1.807) is 16.7 Å². The van der Waals surface area contributed by atoms with Gasteiger partial charge in [-0.1, -0.05) is 11.6 Å². The Labute approximate surface area is 140 Å². The molecule has 1 aliphatic heterocycles. The van der Waals surface area contributed by atoms with Crippen LogP contribution in [0.4, 0.5) is 0 Å². The second kappa shape index (κ2) is 7.88. The second-order valence-electron chi connectivity index (χ2n) is 5.63. The number of nitrogens with one attached hydrogen (secondary N) is 1. The Morgan fingerprint density at radius 3 is 2.68 bits per heavy atom. The predicted octanol–water partition coefficient (Wildman–Crippen LogP) is 2.81. The molecule has 2 amide bonds. The lowest BCUT2D eigenvalue weighted by Crippen LogP contribution is -2.36. The van der Waals surface area contributed by atoms with Crippen molar-refractivity contribution in [2.45, 2.75) is 31.2 Å². The summed E-state index contributed by atoms with van der Waals surface area (Å²) in [6.07, 6.45) is 0.328. The van der Waals surface area contributed by atoms with Crippen molar-refractivity contribution >= 4 is 35.2 Å². The lowest BCUT2D eigenvalue weighted by molar-refractivity contribution is -0.129. The molecule has 1 heterocycles. The zero-order valence-corrected chi connectivity index (χ0v) is 14.4. The minimum absolute atomic E-state index is 0.0202. The molecule has 1 fully saturated rings. The summed E-state index contributed by atoms with van der Waals surface area (Å²) in [4.78, 5) is 26.8. The van der Waals surface area contributed by atoms with Crippen molar-refractivity contribution in [2.24, 2.45) is 5.92 Å². The number of amides is 2. The van der Waals surface area contributed by atoms with Gasteiger partial charge in [0.05, 0.1) is 5.92 Å². The molecule has 22 heavy (non-hydrogen) atoms. The van der Waals surface area contributed by atoms with E-state index >= 15 is 0 Å². The molecule has 0 aromatic heterocycles. The van der Waals surface area contributed by atoms with Crippen molar-refractivity contribution in [2.75, 3.05) is 18.8 Å². The summed E-state index contributed by atoms with van der Waals surface area (Å²) in [5.74, 6) is 0.636. The smallest absolute Gasteiger partial charge is 0.225 e. The number of nitrogens with zero attached hydrogens (tertiary/aromatic N) is 1. The van der Waals surface area contributed by atoms with Gasteiger partial charge in [0.1, 0.15) is 0 Å². The van der Waals surface area contributed by atoms with Gasteiger partial charge in [-0.25, -0.2) is 0 Å². The molecule has 0 unspecified atom stereocenters. The van der Waals surface area contributed by atoms with Crippen LogP contribution in [0.15, 0.2) is 29.2 Å². The lowest BCUT2D eigenvalue weighted by Gasteiger charge is -2.20. The van der Waals surface area contributed by atoms with E-state index in [2.05, 4.69) is 5.32 Å². The number of rotatable bonds is 6. The lowest BCUT2D eigenvalue weighted by atomic mass is 10.1.